The summed E-state index contributed by atoms with van der Waals surface area (Å²) in [7, 11) is 1.57. The van der Waals surface area contributed by atoms with E-state index < -0.39 is 17.4 Å². The van der Waals surface area contributed by atoms with Crippen LogP contribution in [0.3, 0.4) is 0 Å². The van der Waals surface area contributed by atoms with Crippen molar-refractivity contribution in [2.24, 2.45) is 5.92 Å². The number of aliphatic hydroxyl groups excluding tert-OH is 1. The van der Waals surface area contributed by atoms with E-state index in [-0.39, 0.29) is 19.1 Å². The number of ether oxygens (including phenoxy) is 1. The van der Waals surface area contributed by atoms with Crippen LogP contribution in [-0.2, 0) is 29.9 Å². The molecule has 0 fully saturated rings. The van der Waals surface area contributed by atoms with Crippen LogP contribution in [0.5, 0.6) is 5.75 Å². The maximum absolute atomic E-state index is 13.9. The average molecular weight is 616 g/mol. The van der Waals surface area contributed by atoms with Crippen molar-refractivity contribution in [1.82, 2.24) is 15.0 Å². The predicted molar refractivity (Wildman–Crippen MR) is 168 cm³/mol. The Bertz CT molecular complexity index is 1650. The fourth-order valence-corrected chi connectivity index (χ4v) is 5.39. The smallest absolute Gasteiger partial charge is 0.264 e. The monoisotopic (exact) mass is 615 g/mol. The Morgan fingerprint density at radius 1 is 1.14 bits per heavy atom. The summed E-state index contributed by atoms with van der Waals surface area (Å²) in [5, 5.41) is 32.3. The number of halogens is 1. The van der Waals surface area contributed by atoms with E-state index in [4.69, 9.17) is 21.4 Å². The number of aliphatic hydroxyl groups is 2. The molecule has 5 rings (SSSR count). The number of allylic oxidation sites excluding steroid dienone is 1. The van der Waals surface area contributed by atoms with Crippen LogP contribution in [0.1, 0.15) is 40.5 Å². The van der Waals surface area contributed by atoms with Crippen molar-refractivity contribution in [3.8, 4) is 5.75 Å². The van der Waals surface area contributed by atoms with E-state index in [0.717, 1.165) is 11.3 Å². The van der Waals surface area contributed by atoms with Gasteiger partial charge in [-0.1, -0.05) is 48.0 Å². The van der Waals surface area contributed by atoms with Gasteiger partial charge in [0.15, 0.2) is 5.60 Å². The van der Waals surface area contributed by atoms with Crippen LogP contribution in [-0.4, -0.2) is 50.7 Å². The van der Waals surface area contributed by atoms with Crippen LogP contribution in [0.25, 0.3) is 0 Å². The minimum absolute atomic E-state index is 0.0140. The van der Waals surface area contributed by atoms with Gasteiger partial charge in [0.05, 0.1) is 25.0 Å². The Balaban J connectivity index is 1.27. The number of rotatable bonds is 12. The predicted octanol–water partition coefficient (Wildman–Crippen LogP) is 4.74. The Kier molecular flexibility index (Phi) is 9.43. The van der Waals surface area contributed by atoms with Crippen LogP contribution in [0.15, 0.2) is 85.1 Å². The molecule has 1 aliphatic heterocycles. The third kappa shape index (κ3) is 6.52. The van der Waals surface area contributed by atoms with E-state index in [2.05, 4.69) is 15.6 Å². The molecule has 0 saturated heterocycles. The second kappa shape index (κ2) is 13.4. The zero-order valence-corrected chi connectivity index (χ0v) is 25.2. The number of nitrogens with one attached hydrogen (secondary N) is 1. The number of aryl methyl sites for hydroxylation is 1. The summed E-state index contributed by atoms with van der Waals surface area (Å²) >= 11 is 6.32. The molecule has 0 unspecified atom stereocenters. The summed E-state index contributed by atoms with van der Waals surface area (Å²) in [6.45, 7) is 2.61. The third-order valence-corrected chi connectivity index (χ3v) is 7.93. The summed E-state index contributed by atoms with van der Waals surface area (Å²) in [5.41, 5.74) is 1.91. The fraction of sp³-hybridized carbons (Fsp3) is 0.273. The van der Waals surface area contributed by atoms with Crippen molar-refractivity contribution < 1.29 is 24.5 Å². The van der Waals surface area contributed by atoms with E-state index in [9.17, 15) is 14.7 Å². The Labute approximate surface area is 260 Å². The summed E-state index contributed by atoms with van der Waals surface area (Å²) < 4.78 is 6.84. The number of nitrogens with zero attached hydrogens (tertiary/aromatic N) is 4. The SMILES string of the molecule is COc1ccc(C(=O)Nc2ccc(CN3C(=O)[C@@](O)([C@@H](C)/C=C/CCn4cc(CCO)nn4)c4cc(Cl)ccc43)cc2)cc1. The van der Waals surface area contributed by atoms with Crippen molar-refractivity contribution in [3.63, 3.8) is 0 Å². The molecule has 0 bridgehead atoms. The number of methoxy groups -OCH3 is 1. The number of hydrogen-bond acceptors (Lipinski definition) is 7. The Morgan fingerprint density at radius 2 is 1.89 bits per heavy atom. The average Bonchev–Trinajstić information content (AvgIpc) is 3.56. The molecule has 11 heteroatoms. The van der Waals surface area contributed by atoms with Crippen LogP contribution in [0, 0.1) is 5.92 Å². The van der Waals surface area contributed by atoms with Crippen LogP contribution >= 0.6 is 11.6 Å². The number of carbonyl (C=O) groups is 2. The molecule has 0 spiro atoms. The lowest BCUT2D eigenvalue weighted by Gasteiger charge is -2.27. The summed E-state index contributed by atoms with van der Waals surface area (Å²) in [5.74, 6) is -0.566. The van der Waals surface area contributed by atoms with Crippen molar-refractivity contribution in [2.45, 2.75) is 38.5 Å². The van der Waals surface area contributed by atoms with Crippen LogP contribution < -0.4 is 15.0 Å². The Hall–Kier alpha value is -4.51. The zero-order chi connectivity index (χ0) is 31.3. The third-order valence-electron chi connectivity index (χ3n) is 7.70. The highest BCUT2D eigenvalue weighted by Gasteiger charge is 2.52. The second-order valence-corrected chi connectivity index (χ2v) is 11.1. The van der Waals surface area contributed by atoms with Gasteiger partial charge in [-0.15, -0.1) is 5.10 Å². The number of fused-ring (bicyclic) bond motifs is 1. The molecule has 228 valence electrons. The normalized spacial score (nSPS) is 16.8. The number of benzene rings is 3. The number of aromatic nitrogens is 3. The van der Waals surface area contributed by atoms with Gasteiger partial charge in [-0.3, -0.25) is 14.3 Å². The molecule has 2 amide bonds. The van der Waals surface area contributed by atoms with Crippen molar-refractivity contribution >= 4 is 34.8 Å². The topological polar surface area (TPSA) is 130 Å². The molecule has 10 nitrogen and oxygen atoms in total. The number of anilines is 2. The zero-order valence-electron chi connectivity index (χ0n) is 24.5. The number of amides is 2. The molecule has 0 saturated carbocycles. The van der Waals surface area contributed by atoms with Gasteiger partial charge in [0.2, 0.25) is 0 Å². The molecule has 0 radical (unpaired) electrons. The highest BCUT2D eigenvalue weighted by molar-refractivity contribution is 6.31. The lowest BCUT2D eigenvalue weighted by atomic mass is 9.83. The standard InChI is InChI=1S/C33H34ClN5O5/c1-22(5-3-4-17-38-21-27(16-18-40)36-37-38)33(43)29-19-25(34)10-15-30(29)39(32(33)42)20-23-6-11-26(12-7-23)35-31(41)24-8-13-28(44-2)14-9-24/h3,5-15,19,21-22,40,43H,4,16-18,20H2,1-2H3,(H,35,41)/b5-3+/t22-,33+/m0/s1. The first-order valence-electron chi connectivity index (χ1n) is 14.3. The molecular formula is C33H34ClN5O5. The van der Waals surface area contributed by atoms with Gasteiger partial charge in [0.25, 0.3) is 11.8 Å². The van der Waals surface area contributed by atoms with E-state index in [1.807, 2.05) is 24.3 Å². The van der Waals surface area contributed by atoms with Gasteiger partial charge >= 0.3 is 0 Å². The first-order chi connectivity index (χ1) is 21.2. The molecule has 2 heterocycles. The van der Waals surface area contributed by atoms with Gasteiger partial charge in [0.1, 0.15) is 5.75 Å². The summed E-state index contributed by atoms with van der Waals surface area (Å²) in [6, 6.07) is 19.2. The van der Waals surface area contributed by atoms with Crippen molar-refractivity contribution in [1.29, 1.82) is 0 Å². The van der Waals surface area contributed by atoms with Crippen molar-refractivity contribution in [2.75, 3.05) is 23.9 Å². The lowest BCUT2D eigenvalue weighted by Crippen LogP contribution is -2.44. The minimum Gasteiger partial charge on any atom is -0.497 e. The minimum atomic E-state index is -1.80. The molecule has 44 heavy (non-hydrogen) atoms. The highest BCUT2D eigenvalue weighted by Crippen LogP contribution is 2.46. The highest BCUT2D eigenvalue weighted by atomic mass is 35.5. The Morgan fingerprint density at radius 3 is 2.59 bits per heavy atom. The largest absolute Gasteiger partial charge is 0.497 e. The fourth-order valence-electron chi connectivity index (χ4n) is 5.22. The summed E-state index contributed by atoms with van der Waals surface area (Å²) in [6.07, 6.45) is 6.60. The molecule has 1 aromatic heterocycles. The van der Waals surface area contributed by atoms with Gasteiger partial charge < -0.3 is 25.2 Å². The number of hydrogen-bond donors (Lipinski definition) is 3. The summed E-state index contributed by atoms with van der Waals surface area (Å²) in [4.78, 5) is 28.1. The van der Waals surface area contributed by atoms with Gasteiger partial charge in [-0.05, 0) is 66.6 Å². The quantitative estimate of drug-likeness (QED) is 0.196. The van der Waals surface area contributed by atoms with Crippen LogP contribution in [0.4, 0.5) is 11.4 Å². The van der Waals surface area contributed by atoms with Crippen molar-refractivity contribution in [3.05, 3.63) is 112 Å². The van der Waals surface area contributed by atoms with Gasteiger partial charge in [0, 0.05) is 53.5 Å². The van der Waals surface area contributed by atoms with E-state index in [1.165, 1.54) is 0 Å². The molecule has 3 aromatic carbocycles. The molecule has 0 aliphatic carbocycles. The second-order valence-electron chi connectivity index (χ2n) is 10.7. The van der Waals surface area contributed by atoms with E-state index in [1.54, 1.807) is 84.4 Å². The first kappa shape index (κ1) is 30.9. The molecule has 4 aromatic rings. The van der Waals surface area contributed by atoms with Gasteiger partial charge in [-0.2, -0.15) is 0 Å². The molecule has 2 atom stereocenters. The van der Waals surface area contributed by atoms with E-state index >= 15 is 0 Å². The van der Waals surface area contributed by atoms with Gasteiger partial charge in [-0.25, -0.2) is 0 Å². The molecule has 1 aliphatic rings. The maximum Gasteiger partial charge on any atom is 0.264 e. The maximum atomic E-state index is 13.9. The first-order valence-corrected chi connectivity index (χ1v) is 14.7. The lowest BCUT2D eigenvalue weighted by molar-refractivity contribution is -0.139. The molecule has 3 N–H and O–H groups in total. The van der Waals surface area contributed by atoms with E-state index in [0.29, 0.717) is 52.7 Å². The molecular weight excluding hydrogens is 582 g/mol. The van der Waals surface area contributed by atoms with Crippen LogP contribution in [0.2, 0.25) is 5.02 Å². The number of carbonyl (C=O) groups excluding carboxylic acids is 2.